The third kappa shape index (κ3) is 4.45. The lowest BCUT2D eigenvalue weighted by atomic mass is 10.1. The third-order valence-corrected chi connectivity index (χ3v) is 5.09. The van der Waals surface area contributed by atoms with Crippen LogP contribution in [0.4, 0.5) is 5.13 Å². The second-order valence-electron chi connectivity index (χ2n) is 5.60. The maximum absolute atomic E-state index is 7.33. The van der Waals surface area contributed by atoms with Crippen molar-refractivity contribution in [2.75, 3.05) is 11.9 Å². The molecule has 5 nitrogen and oxygen atoms in total. The van der Waals surface area contributed by atoms with Crippen molar-refractivity contribution in [1.29, 1.82) is 5.41 Å². The van der Waals surface area contributed by atoms with Gasteiger partial charge in [-0.05, 0) is 18.1 Å². The summed E-state index contributed by atoms with van der Waals surface area (Å²) >= 11 is 5.89. The van der Waals surface area contributed by atoms with Gasteiger partial charge in [0.2, 0.25) is 5.13 Å². The fourth-order valence-electron chi connectivity index (χ4n) is 2.46. The summed E-state index contributed by atoms with van der Waals surface area (Å²) in [5.41, 5.74) is 8.85. The summed E-state index contributed by atoms with van der Waals surface area (Å²) in [4.78, 5) is 0.751. The largest absolute Gasteiger partial charge is 0.356 e. The van der Waals surface area contributed by atoms with E-state index in [0.717, 1.165) is 32.6 Å². The summed E-state index contributed by atoms with van der Waals surface area (Å²) in [7, 11) is 0. The molecule has 3 aromatic rings. The number of anilines is 1. The van der Waals surface area contributed by atoms with Crippen LogP contribution in [0.3, 0.4) is 0 Å². The summed E-state index contributed by atoms with van der Waals surface area (Å²) in [6.45, 7) is 0.513. The Morgan fingerprint density at radius 2 is 2.00 bits per heavy atom. The van der Waals surface area contributed by atoms with E-state index in [0.29, 0.717) is 6.54 Å². The van der Waals surface area contributed by atoms with Gasteiger partial charge in [-0.25, -0.2) is 0 Å². The lowest BCUT2D eigenvalue weighted by Gasteiger charge is -2.15. The zero-order valence-corrected chi connectivity index (χ0v) is 15.2. The van der Waals surface area contributed by atoms with Crippen molar-refractivity contribution in [3.05, 3.63) is 59.7 Å². The molecular formula is C18H19N5S2. The normalized spacial score (nSPS) is 11.9. The SMILES string of the molecule is N=Cc1ccc(-c2nnc(N[C@@H](CN)Cc3ccccc3)s2)cc1S. The minimum absolute atomic E-state index is 0.101. The molecule has 0 saturated heterocycles. The first-order chi connectivity index (χ1) is 12.2. The van der Waals surface area contributed by atoms with Crippen molar-refractivity contribution < 1.29 is 0 Å². The molecule has 25 heavy (non-hydrogen) atoms. The van der Waals surface area contributed by atoms with E-state index in [2.05, 4.69) is 40.3 Å². The second-order valence-corrected chi connectivity index (χ2v) is 7.06. The Kier molecular flexibility index (Phi) is 5.80. The van der Waals surface area contributed by atoms with Crippen LogP contribution >= 0.6 is 24.0 Å². The molecule has 1 atom stereocenters. The highest BCUT2D eigenvalue weighted by Gasteiger charge is 2.13. The molecule has 0 aliphatic rings. The Morgan fingerprint density at radius 1 is 1.20 bits per heavy atom. The van der Waals surface area contributed by atoms with Crippen molar-refractivity contribution in [3.63, 3.8) is 0 Å². The van der Waals surface area contributed by atoms with Gasteiger partial charge >= 0.3 is 0 Å². The third-order valence-electron chi connectivity index (χ3n) is 3.79. The van der Waals surface area contributed by atoms with Crippen molar-refractivity contribution in [2.24, 2.45) is 5.73 Å². The quantitative estimate of drug-likeness (QED) is 0.379. The van der Waals surface area contributed by atoms with E-state index < -0.39 is 0 Å². The molecule has 0 aliphatic carbocycles. The van der Waals surface area contributed by atoms with Gasteiger partial charge in [0.25, 0.3) is 0 Å². The summed E-state index contributed by atoms with van der Waals surface area (Å²) in [6.07, 6.45) is 2.12. The van der Waals surface area contributed by atoms with E-state index in [-0.39, 0.29) is 6.04 Å². The lowest BCUT2D eigenvalue weighted by Crippen LogP contribution is -2.30. The molecule has 0 amide bonds. The van der Waals surface area contributed by atoms with Crippen LogP contribution in [0.15, 0.2) is 53.4 Å². The Bertz CT molecular complexity index is 848. The first-order valence-corrected chi connectivity index (χ1v) is 9.14. The fraction of sp³-hybridized carbons (Fsp3) is 0.167. The van der Waals surface area contributed by atoms with E-state index in [1.165, 1.54) is 23.1 Å². The monoisotopic (exact) mass is 369 g/mol. The van der Waals surface area contributed by atoms with Crippen LogP contribution in [-0.2, 0) is 6.42 Å². The van der Waals surface area contributed by atoms with Gasteiger partial charge in [-0.3, -0.25) is 0 Å². The molecule has 7 heteroatoms. The molecular weight excluding hydrogens is 350 g/mol. The minimum Gasteiger partial charge on any atom is -0.356 e. The van der Waals surface area contributed by atoms with Crippen LogP contribution in [0.2, 0.25) is 0 Å². The Morgan fingerprint density at radius 3 is 2.68 bits per heavy atom. The van der Waals surface area contributed by atoms with E-state index >= 15 is 0 Å². The summed E-state index contributed by atoms with van der Waals surface area (Å²) in [5, 5.41) is 20.7. The van der Waals surface area contributed by atoms with Crippen molar-refractivity contribution in [2.45, 2.75) is 17.4 Å². The molecule has 2 aromatic carbocycles. The average molecular weight is 370 g/mol. The Balaban J connectivity index is 1.72. The molecule has 128 valence electrons. The molecule has 0 bridgehead atoms. The highest BCUT2D eigenvalue weighted by molar-refractivity contribution is 7.80. The van der Waals surface area contributed by atoms with Crippen LogP contribution in [0.5, 0.6) is 0 Å². The van der Waals surface area contributed by atoms with Gasteiger partial charge in [-0.15, -0.1) is 22.8 Å². The van der Waals surface area contributed by atoms with E-state index in [1.54, 1.807) is 0 Å². The standard InChI is InChI=1S/C18H19N5S2/c19-10-14-7-6-13(9-16(14)24)17-22-23-18(25-17)21-15(11-20)8-12-4-2-1-3-5-12/h1-7,9-10,15,19,24H,8,11,20H2,(H,21,23)/t15-/m1/s1. The number of nitrogens with two attached hydrogens (primary N) is 1. The van der Waals surface area contributed by atoms with Gasteiger partial charge < -0.3 is 16.5 Å². The predicted octanol–water partition coefficient (Wildman–Crippen LogP) is 3.47. The molecule has 0 spiro atoms. The zero-order valence-electron chi connectivity index (χ0n) is 13.5. The Hall–Kier alpha value is -2.22. The molecule has 0 unspecified atom stereocenters. The molecule has 0 saturated carbocycles. The van der Waals surface area contributed by atoms with Crippen molar-refractivity contribution in [1.82, 2.24) is 10.2 Å². The summed E-state index contributed by atoms with van der Waals surface area (Å²) < 4.78 is 0. The van der Waals surface area contributed by atoms with E-state index in [9.17, 15) is 0 Å². The Labute approximate surface area is 156 Å². The summed E-state index contributed by atoms with van der Waals surface area (Å²) in [5.74, 6) is 0. The highest BCUT2D eigenvalue weighted by atomic mass is 32.1. The molecule has 0 aliphatic heterocycles. The van der Waals surface area contributed by atoms with Crippen molar-refractivity contribution >= 4 is 35.3 Å². The smallest absolute Gasteiger partial charge is 0.206 e. The first kappa shape index (κ1) is 17.6. The van der Waals surface area contributed by atoms with Gasteiger partial charge in [0, 0.05) is 34.8 Å². The van der Waals surface area contributed by atoms with Gasteiger partial charge in [0.1, 0.15) is 5.01 Å². The van der Waals surface area contributed by atoms with Crippen LogP contribution in [0.25, 0.3) is 10.6 Å². The lowest BCUT2D eigenvalue weighted by molar-refractivity contribution is 0.721. The zero-order chi connectivity index (χ0) is 17.6. The van der Waals surface area contributed by atoms with Gasteiger partial charge in [0.05, 0.1) is 0 Å². The molecule has 1 aromatic heterocycles. The maximum Gasteiger partial charge on any atom is 0.206 e. The van der Waals surface area contributed by atoms with Gasteiger partial charge in [0.15, 0.2) is 0 Å². The van der Waals surface area contributed by atoms with Crippen LogP contribution in [0, 0.1) is 5.41 Å². The van der Waals surface area contributed by atoms with Crippen LogP contribution in [-0.4, -0.2) is 29.0 Å². The number of rotatable bonds is 7. The fourth-order valence-corrected chi connectivity index (χ4v) is 3.56. The second kappa shape index (κ2) is 8.24. The molecule has 3 rings (SSSR count). The number of hydrogen-bond acceptors (Lipinski definition) is 7. The van der Waals surface area contributed by atoms with Crippen molar-refractivity contribution in [3.8, 4) is 10.6 Å². The van der Waals surface area contributed by atoms with Gasteiger partial charge in [-0.1, -0.05) is 53.8 Å². The highest BCUT2D eigenvalue weighted by Crippen LogP contribution is 2.29. The molecule has 4 N–H and O–H groups in total. The minimum atomic E-state index is 0.101. The van der Waals surface area contributed by atoms with Crippen LogP contribution < -0.4 is 11.1 Å². The molecule has 0 radical (unpaired) electrons. The number of benzene rings is 2. The number of aromatic nitrogens is 2. The molecule has 0 fully saturated rings. The summed E-state index contributed by atoms with van der Waals surface area (Å²) in [6, 6.07) is 16.0. The van der Waals surface area contributed by atoms with E-state index in [1.807, 2.05) is 36.4 Å². The first-order valence-electron chi connectivity index (χ1n) is 7.87. The topological polar surface area (TPSA) is 87.7 Å². The van der Waals surface area contributed by atoms with Gasteiger partial charge in [-0.2, -0.15) is 0 Å². The number of nitrogens with zero attached hydrogens (tertiary/aromatic N) is 2. The number of thiol groups is 1. The van der Waals surface area contributed by atoms with Crippen LogP contribution in [0.1, 0.15) is 11.1 Å². The number of hydrogen-bond donors (Lipinski definition) is 4. The maximum atomic E-state index is 7.33. The number of nitrogens with one attached hydrogen (secondary N) is 2. The predicted molar refractivity (Wildman–Crippen MR) is 107 cm³/mol. The average Bonchev–Trinajstić information content (AvgIpc) is 3.10. The van der Waals surface area contributed by atoms with E-state index in [4.69, 9.17) is 11.1 Å². The molecule has 1 heterocycles.